The Morgan fingerprint density at radius 1 is 1.33 bits per heavy atom. The minimum absolute atomic E-state index is 0.161. The molecule has 2 fully saturated rings. The lowest BCUT2D eigenvalue weighted by Gasteiger charge is -2.32. The smallest absolute Gasteiger partial charge is 0.326 e. The molecule has 0 spiro atoms. The Balaban J connectivity index is 2.08. The Morgan fingerprint density at radius 3 is 2.62 bits per heavy atom. The molecular formula is C14H25N3O4. The molecule has 0 aromatic carbocycles. The highest BCUT2D eigenvalue weighted by Crippen LogP contribution is 2.26. The molecule has 0 radical (unpaired) electrons. The van der Waals surface area contributed by atoms with Crippen LogP contribution >= 0.6 is 0 Å². The summed E-state index contributed by atoms with van der Waals surface area (Å²) in [5.41, 5.74) is 0. The van der Waals surface area contributed by atoms with Crippen LogP contribution in [0.5, 0.6) is 0 Å². The van der Waals surface area contributed by atoms with Gasteiger partial charge in [-0.1, -0.05) is 0 Å². The van der Waals surface area contributed by atoms with E-state index in [1.807, 2.05) is 19.0 Å². The Labute approximate surface area is 125 Å². The van der Waals surface area contributed by atoms with Crippen molar-refractivity contribution in [1.82, 2.24) is 14.7 Å². The van der Waals surface area contributed by atoms with E-state index >= 15 is 0 Å². The third-order valence-corrected chi connectivity index (χ3v) is 4.33. The van der Waals surface area contributed by atoms with Crippen LogP contribution in [-0.2, 0) is 9.53 Å². The first kappa shape index (κ1) is 16.0. The van der Waals surface area contributed by atoms with E-state index < -0.39 is 12.0 Å². The van der Waals surface area contributed by atoms with Gasteiger partial charge in [0.1, 0.15) is 6.04 Å². The first-order valence-electron chi connectivity index (χ1n) is 7.41. The Bertz CT molecular complexity index is 402. The highest BCUT2D eigenvalue weighted by atomic mass is 16.5. The number of carbonyl (C=O) groups excluding carboxylic acids is 1. The van der Waals surface area contributed by atoms with Crippen molar-refractivity contribution in [3.63, 3.8) is 0 Å². The van der Waals surface area contributed by atoms with Gasteiger partial charge in [0.15, 0.2) is 0 Å². The standard InChI is InChI=1S/C14H25N3O4/c1-15(2)8-10-5-4-6-16(10)14(20)17-9-11(21-3)7-12(17)13(18)19/h10-12H,4-9H2,1-3H3,(H,18,19). The zero-order valence-corrected chi connectivity index (χ0v) is 13.0. The fraction of sp³-hybridized carbons (Fsp3) is 0.857. The van der Waals surface area contributed by atoms with Gasteiger partial charge in [-0.05, 0) is 26.9 Å². The van der Waals surface area contributed by atoms with E-state index in [0.29, 0.717) is 19.5 Å². The Hall–Kier alpha value is -1.34. The number of methoxy groups -OCH3 is 1. The minimum atomic E-state index is -0.953. The minimum Gasteiger partial charge on any atom is -0.480 e. The zero-order valence-electron chi connectivity index (χ0n) is 13.0. The van der Waals surface area contributed by atoms with Crippen molar-refractivity contribution in [1.29, 1.82) is 0 Å². The molecule has 2 aliphatic heterocycles. The van der Waals surface area contributed by atoms with Gasteiger partial charge in [0.25, 0.3) is 0 Å². The maximum atomic E-state index is 12.7. The highest BCUT2D eigenvalue weighted by Gasteiger charge is 2.43. The zero-order chi connectivity index (χ0) is 15.6. The SMILES string of the molecule is COC1CC(C(=O)O)N(C(=O)N2CCCC2CN(C)C)C1. The van der Waals surface area contributed by atoms with E-state index in [1.54, 1.807) is 7.11 Å². The third-order valence-electron chi connectivity index (χ3n) is 4.33. The topological polar surface area (TPSA) is 73.3 Å². The number of carboxylic acid groups (broad SMARTS) is 1. The van der Waals surface area contributed by atoms with Gasteiger partial charge in [0, 0.05) is 39.2 Å². The predicted octanol–water partition coefficient (Wildman–Crippen LogP) is 0.306. The second-order valence-corrected chi connectivity index (χ2v) is 6.13. The molecule has 3 atom stereocenters. The van der Waals surface area contributed by atoms with Crippen molar-refractivity contribution < 1.29 is 19.4 Å². The van der Waals surface area contributed by atoms with E-state index in [0.717, 1.165) is 19.4 Å². The van der Waals surface area contributed by atoms with E-state index in [4.69, 9.17) is 4.74 Å². The van der Waals surface area contributed by atoms with Crippen molar-refractivity contribution in [2.75, 3.05) is 40.8 Å². The fourth-order valence-electron chi connectivity index (χ4n) is 3.28. The van der Waals surface area contributed by atoms with Crippen molar-refractivity contribution >= 4 is 12.0 Å². The maximum Gasteiger partial charge on any atom is 0.326 e. The molecule has 0 aliphatic carbocycles. The molecule has 2 heterocycles. The molecule has 7 heteroatoms. The summed E-state index contributed by atoms with van der Waals surface area (Å²) in [5.74, 6) is -0.953. The number of ether oxygens (including phenoxy) is 1. The molecule has 0 saturated carbocycles. The molecule has 0 aromatic heterocycles. The van der Waals surface area contributed by atoms with Gasteiger partial charge in [-0.25, -0.2) is 9.59 Å². The van der Waals surface area contributed by atoms with Crippen LogP contribution in [0.3, 0.4) is 0 Å². The second kappa shape index (κ2) is 6.62. The average molecular weight is 299 g/mol. The Kier molecular flexibility index (Phi) is 5.05. The quantitative estimate of drug-likeness (QED) is 0.808. The lowest BCUT2D eigenvalue weighted by molar-refractivity contribution is -0.141. The number of hydrogen-bond acceptors (Lipinski definition) is 4. The highest BCUT2D eigenvalue weighted by molar-refractivity contribution is 5.84. The number of carboxylic acids is 1. The first-order chi connectivity index (χ1) is 9.93. The molecule has 0 bridgehead atoms. The monoisotopic (exact) mass is 299 g/mol. The molecule has 21 heavy (non-hydrogen) atoms. The summed E-state index contributed by atoms with van der Waals surface area (Å²) in [7, 11) is 5.53. The average Bonchev–Trinajstić information content (AvgIpc) is 3.03. The number of likely N-dealkylation sites (tertiary alicyclic amines) is 2. The van der Waals surface area contributed by atoms with Crippen molar-refractivity contribution in [3.05, 3.63) is 0 Å². The number of nitrogens with zero attached hydrogens (tertiary/aromatic N) is 3. The van der Waals surface area contributed by atoms with E-state index in [2.05, 4.69) is 4.90 Å². The number of aliphatic carboxylic acids is 1. The van der Waals surface area contributed by atoms with Crippen LogP contribution in [0.2, 0.25) is 0 Å². The second-order valence-electron chi connectivity index (χ2n) is 6.13. The summed E-state index contributed by atoms with van der Waals surface area (Å²) < 4.78 is 5.24. The first-order valence-corrected chi connectivity index (χ1v) is 7.41. The molecule has 3 unspecified atom stereocenters. The molecular weight excluding hydrogens is 274 g/mol. The van der Waals surface area contributed by atoms with Crippen LogP contribution in [0.15, 0.2) is 0 Å². The number of carbonyl (C=O) groups is 2. The van der Waals surface area contributed by atoms with Gasteiger partial charge < -0.3 is 24.5 Å². The lowest BCUT2D eigenvalue weighted by atomic mass is 10.2. The van der Waals surface area contributed by atoms with Crippen molar-refractivity contribution in [2.24, 2.45) is 0 Å². The molecule has 0 aromatic rings. The van der Waals surface area contributed by atoms with E-state index in [-0.39, 0.29) is 18.2 Å². The van der Waals surface area contributed by atoms with E-state index in [9.17, 15) is 14.7 Å². The van der Waals surface area contributed by atoms with Crippen molar-refractivity contribution in [2.45, 2.75) is 37.5 Å². The van der Waals surface area contributed by atoms with Gasteiger partial charge in [-0.15, -0.1) is 0 Å². The number of amides is 2. The fourth-order valence-corrected chi connectivity index (χ4v) is 3.28. The number of rotatable bonds is 4. The summed E-state index contributed by atoms with van der Waals surface area (Å²) in [6.45, 7) is 1.88. The molecule has 1 N–H and O–H groups in total. The van der Waals surface area contributed by atoms with Crippen LogP contribution < -0.4 is 0 Å². The van der Waals surface area contributed by atoms with Crippen LogP contribution in [0.4, 0.5) is 4.79 Å². The molecule has 2 saturated heterocycles. The maximum absolute atomic E-state index is 12.7. The number of likely N-dealkylation sites (N-methyl/N-ethyl adjacent to an activating group) is 1. The summed E-state index contributed by atoms with van der Waals surface area (Å²) in [4.78, 5) is 29.5. The van der Waals surface area contributed by atoms with Gasteiger partial charge in [-0.2, -0.15) is 0 Å². The Morgan fingerprint density at radius 2 is 2.05 bits per heavy atom. The predicted molar refractivity (Wildman–Crippen MR) is 77.2 cm³/mol. The van der Waals surface area contributed by atoms with Gasteiger partial charge in [0.2, 0.25) is 0 Å². The number of urea groups is 1. The van der Waals surface area contributed by atoms with Gasteiger partial charge >= 0.3 is 12.0 Å². The van der Waals surface area contributed by atoms with Gasteiger partial charge in [0.05, 0.1) is 6.10 Å². The molecule has 2 amide bonds. The molecule has 2 aliphatic rings. The third kappa shape index (κ3) is 3.47. The molecule has 120 valence electrons. The van der Waals surface area contributed by atoms with Gasteiger partial charge in [-0.3, -0.25) is 0 Å². The summed E-state index contributed by atoms with van der Waals surface area (Å²) >= 11 is 0. The van der Waals surface area contributed by atoms with Crippen LogP contribution in [0.1, 0.15) is 19.3 Å². The van der Waals surface area contributed by atoms with E-state index in [1.165, 1.54) is 4.90 Å². The molecule has 2 rings (SSSR count). The summed E-state index contributed by atoms with van der Waals surface area (Å²) in [5, 5.41) is 9.32. The van der Waals surface area contributed by atoms with Crippen LogP contribution in [-0.4, -0.2) is 90.8 Å². The number of hydrogen-bond donors (Lipinski definition) is 1. The largest absolute Gasteiger partial charge is 0.480 e. The summed E-state index contributed by atoms with van der Waals surface area (Å²) in [6, 6.07) is -0.766. The lowest BCUT2D eigenvalue weighted by Crippen LogP contribution is -2.51. The summed E-state index contributed by atoms with van der Waals surface area (Å²) in [6.07, 6.45) is 2.13. The van der Waals surface area contributed by atoms with Crippen LogP contribution in [0.25, 0.3) is 0 Å². The van der Waals surface area contributed by atoms with Crippen LogP contribution in [0, 0.1) is 0 Å². The van der Waals surface area contributed by atoms with Crippen molar-refractivity contribution in [3.8, 4) is 0 Å². The normalized spacial score (nSPS) is 29.4. The molecule has 7 nitrogen and oxygen atoms in total.